The molecule has 1 N–H and O–H groups in total. The Hall–Kier alpha value is -2.83. The molecule has 1 fully saturated rings. The predicted molar refractivity (Wildman–Crippen MR) is 110 cm³/mol. The number of hydrogen-bond donors (Lipinski definition) is 1. The SMILES string of the molecule is CCOC(=O)Oc1ccc(C(=O)NC2CCN(C(=O)/C=C(\C)C(C)C)CC2)cc1. The lowest BCUT2D eigenvalue weighted by molar-refractivity contribution is -0.127. The van der Waals surface area contributed by atoms with Crippen LogP contribution in [0.4, 0.5) is 4.79 Å². The van der Waals surface area contributed by atoms with Crippen molar-refractivity contribution in [2.45, 2.75) is 46.6 Å². The van der Waals surface area contributed by atoms with Crippen LogP contribution in [-0.2, 0) is 9.53 Å². The summed E-state index contributed by atoms with van der Waals surface area (Å²) >= 11 is 0. The highest BCUT2D eigenvalue weighted by Crippen LogP contribution is 2.16. The Morgan fingerprint density at radius 1 is 1.17 bits per heavy atom. The molecule has 1 aliphatic heterocycles. The minimum atomic E-state index is -0.774. The third-order valence-corrected chi connectivity index (χ3v) is 4.98. The summed E-state index contributed by atoms with van der Waals surface area (Å²) in [7, 11) is 0. The topological polar surface area (TPSA) is 84.9 Å². The molecular formula is C22H30N2O5. The van der Waals surface area contributed by atoms with Gasteiger partial charge in [-0.2, -0.15) is 0 Å². The van der Waals surface area contributed by atoms with E-state index in [4.69, 9.17) is 9.47 Å². The van der Waals surface area contributed by atoms with Crippen LogP contribution in [0, 0.1) is 5.92 Å². The molecule has 1 heterocycles. The maximum atomic E-state index is 12.5. The van der Waals surface area contributed by atoms with Gasteiger partial charge in [0.1, 0.15) is 5.75 Å². The van der Waals surface area contributed by atoms with Crippen molar-refractivity contribution in [3.63, 3.8) is 0 Å². The molecule has 7 heteroatoms. The molecule has 0 bridgehead atoms. The second-order valence-corrected chi connectivity index (χ2v) is 7.43. The Morgan fingerprint density at radius 2 is 1.79 bits per heavy atom. The van der Waals surface area contributed by atoms with Crippen LogP contribution in [0.1, 0.15) is 50.9 Å². The van der Waals surface area contributed by atoms with E-state index >= 15 is 0 Å². The van der Waals surface area contributed by atoms with Crippen LogP contribution < -0.4 is 10.1 Å². The highest BCUT2D eigenvalue weighted by molar-refractivity contribution is 5.94. The van der Waals surface area contributed by atoms with Crippen LogP contribution in [0.15, 0.2) is 35.9 Å². The monoisotopic (exact) mass is 402 g/mol. The number of nitrogens with zero attached hydrogens (tertiary/aromatic N) is 1. The molecule has 2 rings (SSSR count). The summed E-state index contributed by atoms with van der Waals surface area (Å²) in [5.41, 5.74) is 1.55. The molecule has 29 heavy (non-hydrogen) atoms. The molecule has 0 spiro atoms. The van der Waals surface area contributed by atoms with Crippen molar-refractivity contribution in [3.8, 4) is 5.75 Å². The van der Waals surface area contributed by atoms with Crippen LogP contribution in [-0.4, -0.2) is 48.6 Å². The second kappa shape index (κ2) is 10.6. The molecule has 1 aromatic rings. The van der Waals surface area contributed by atoms with Crippen molar-refractivity contribution < 1.29 is 23.9 Å². The number of amides is 2. The summed E-state index contributed by atoms with van der Waals surface area (Å²) in [6, 6.07) is 6.33. The summed E-state index contributed by atoms with van der Waals surface area (Å²) < 4.78 is 9.69. The molecule has 1 aliphatic rings. The van der Waals surface area contributed by atoms with Gasteiger partial charge in [0.25, 0.3) is 5.91 Å². The molecule has 0 aliphatic carbocycles. The summed E-state index contributed by atoms with van der Waals surface area (Å²) in [6.07, 6.45) is 2.37. The Kier molecular flexibility index (Phi) is 8.24. The average Bonchev–Trinajstić information content (AvgIpc) is 2.69. The predicted octanol–water partition coefficient (Wildman–Crippen LogP) is 3.55. The minimum Gasteiger partial charge on any atom is -0.434 e. The molecular weight excluding hydrogens is 372 g/mol. The fourth-order valence-corrected chi connectivity index (χ4v) is 2.88. The Bertz CT molecular complexity index is 747. The standard InChI is InChI=1S/C22H30N2O5/c1-5-28-22(27)29-19-8-6-17(7-9-19)21(26)23-18-10-12-24(13-11-18)20(25)14-16(4)15(2)3/h6-9,14-15,18H,5,10-13H2,1-4H3,(H,23,26)/b16-14+. The number of ether oxygens (including phenoxy) is 2. The number of likely N-dealkylation sites (tertiary alicyclic amines) is 1. The molecule has 2 amide bonds. The number of carbonyl (C=O) groups is 3. The minimum absolute atomic E-state index is 0.0252. The first kappa shape index (κ1) is 22.5. The van der Waals surface area contributed by atoms with E-state index in [1.165, 1.54) is 0 Å². The van der Waals surface area contributed by atoms with E-state index < -0.39 is 6.16 Å². The van der Waals surface area contributed by atoms with Gasteiger partial charge in [-0.3, -0.25) is 9.59 Å². The van der Waals surface area contributed by atoms with Crippen molar-refractivity contribution in [1.29, 1.82) is 0 Å². The highest BCUT2D eigenvalue weighted by atomic mass is 16.7. The highest BCUT2D eigenvalue weighted by Gasteiger charge is 2.23. The maximum absolute atomic E-state index is 12.5. The lowest BCUT2D eigenvalue weighted by Gasteiger charge is -2.32. The van der Waals surface area contributed by atoms with E-state index in [0.717, 1.165) is 18.4 Å². The van der Waals surface area contributed by atoms with Crippen LogP contribution in [0.5, 0.6) is 5.75 Å². The molecule has 0 saturated carbocycles. The lowest BCUT2D eigenvalue weighted by atomic mass is 10.0. The van der Waals surface area contributed by atoms with Gasteiger partial charge in [0, 0.05) is 30.8 Å². The van der Waals surface area contributed by atoms with Gasteiger partial charge in [-0.05, 0) is 56.9 Å². The van der Waals surface area contributed by atoms with Crippen molar-refractivity contribution >= 4 is 18.0 Å². The van der Waals surface area contributed by atoms with Gasteiger partial charge in [-0.1, -0.05) is 19.4 Å². The van der Waals surface area contributed by atoms with E-state index in [9.17, 15) is 14.4 Å². The van der Waals surface area contributed by atoms with Gasteiger partial charge in [-0.15, -0.1) is 0 Å². The first-order valence-electron chi connectivity index (χ1n) is 10.0. The van der Waals surface area contributed by atoms with Crippen LogP contribution in [0.2, 0.25) is 0 Å². The largest absolute Gasteiger partial charge is 0.513 e. The van der Waals surface area contributed by atoms with Crippen LogP contribution >= 0.6 is 0 Å². The molecule has 7 nitrogen and oxygen atoms in total. The number of benzene rings is 1. The lowest BCUT2D eigenvalue weighted by Crippen LogP contribution is -2.46. The molecule has 0 unspecified atom stereocenters. The number of carbonyl (C=O) groups excluding carboxylic acids is 3. The van der Waals surface area contributed by atoms with E-state index in [1.54, 1.807) is 37.3 Å². The Labute approximate surface area is 172 Å². The molecule has 158 valence electrons. The van der Waals surface area contributed by atoms with Gasteiger partial charge in [-0.25, -0.2) is 4.79 Å². The maximum Gasteiger partial charge on any atom is 0.513 e. The quantitative estimate of drug-likeness (QED) is 0.447. The van der Waals surface area contributed by atoms with E-state index in [2.05, 4.69) is 19.2 Å². The van der Waals surface area contributed by atoms with Crippen LogP contribution in [0.25, 0.3) is 0 Å². The van der Waals surface area contributed by atoms with E-state index in [1.807, 2.05) is 11.8 Å². The first-order chi connectivity index (χ1) is 13.8. The van der Waals surface area contributed by atoms with Crippen molar-refractivity contribution in [2.75, 3.05) is 19.7 Å². The van der Waals surface area contributed by atoms with Gasteiger partial charge in [0.05, 0.1) is 6.61 Å². The molecule has 1 aromatic carbocycles. The van der Waals surface area contributed by atoms with Crippen LogP contribution in [0.3, 0.4) is 0 Å². The zero-order valence-corrected chi connectivity index (χ0v) is 17.6. The van der Waals surface area contributed by atoms with Crippen molar-refractivity contribution in [2.24, 2.45) is 5.92 Å². The number of nitrogens with one attached hydrogen (secondary N) is 1. The first-order valence-corrected chi connectivity index (χ1v) is 10.0. The number of rotatable bonds is 6. The summed E-state index contributed by atoms with van der Waals surface area (Å²) in [6.45, 7) is 9.27. The fourth-order valence-electron chi connectivity index (χ4n) is 2.88. The molecule has 0 atom stereocenters. The van der Waals surface area contributed by atoms with Gasteiger partial charge in [0.15, 0.2) is 0 Å². The normalized spacial score (nSPS) is 15.2. The van der Waals surface area contributed by atoms with Gasteiger partial charge < -0.3 is 19.7 Å². The number of hydrogen-bond acceptors (Lipinski definition) is 5. The summed E-state index contributed by atoms with van der Waals surface area (Å²) in [4.78, 5) is 37.9. The smallest absolute Gasteiger partial charge is 0.434 e. The third kappa shape index (κ3) is 6.93. The Balaban J connectivity index is 1.83. The van der Waals surface area contributed by atoms with Gasteiger partial charge >= 0.3 is 6.16 Å². The molecule has 1 saturated heterocycles. The van der Waals surface area contributed by atoms with Gasteiger partial charge in [0.2, 0.25) is 5.91 Å². The zero-order valence-electron chi connectivity index (χ0n) is 17.6. The fraction of sp³-hybridized carbons (Fsp3) is 0.500. The second-order valence-electron chi connectivity index (χ2n) is 7.43. The van der Waals surface area contributed by atoms with Crippen molar-refractivity contribution in [1.82, 2.24) is 10.2 Å². The van der Waals surface area contributed by atoms with E-state index in [0.29, 0.717) is 30.3 Å². The molecule has 0 radical (unpaired) electrons. The Morgan fingerprint density at radius 3 is 2.34 bits per heavy atom. The number of piperidine rings is 1. The number of allylic oxidation sites excluding steroid dienone is 1. The van der Waals surface area contributed by atoms with Crippen molar-refractivity contribution in [3.05, 3.63) is 41.5 Å². The summed E-state index contributed by atoms with van der Waals surface area (Å²) in [5, 5.41) is 3.01. The third-order valence-electron chi connectivity index (χ3n) is 4.98. The average molecular weight is 402 g/mol. The zero-order chi connectivity index (χ0) is 21.4. The summed E-state index contributed by atoms with van der Waals surface area (Å²) in [5.74, 6) is 0.521. The molecule has 0 aromatic heterocycles. The van der Waals surface area contributed by atoms with E-state index in [-0.39, 0.29) is 24.5 Å².